The van der Waals surface area contributed by atoms with Crippen molar-refractivity contribution in [2.45, 2.75) is 12.8 Å². The van der Waals surface area contributed by atoms with Gasteiger partial charge in [0, 0.05) is 25.2 Å². The lowest BCUT2D eigenvalue weighted by Gasteiger charge is -2.16. The molecule has 0 atom stereocenters. The van der Waals surface area contributed by atoms with E-state index in [0.29, 0.717) is 12.8 Å². The van der Waals surface area contributed by atoms with E-state index in [2.05, 4.69) is 0 Å². The van der Waals surface area contributed by atoms with Gasteiger partial charge < -0.3 is 4.90 Å². The first-order chi connectivity index (χ1) is 9.65. The van der Waals surface area contributed by atoms with Gasteiger partial charge in [0.15, 0.2) is 0 Å². The number of hydrogen-bond donors (Lipinski definition) is 2. The predicted octanol–water partition coefficient (Wildman–Crippen LogP) is 2.05. The summed E-state index contributed by atoms with van der Waals surface area (Å²) in [6.07, 6.45) is 7.11. The second-order valence-corrected chi connectivity index (χ2v) is 4.09. The largest absolute Gasteiger partial charge is 0.315 e. The topological polar surface area (TPSA) is 69.6 Å². The van der Waals surface area contributed by atoms with Gasteiger partial charge in [-0.1, -0.05) is 36.4 Å². The number of carbonyl (C=O) groups is 2. The van der Waals surface area contributed by atoms with Gasteiger partial charge in [-0.25, -0.2) is 5.48 Å². The average molecular weight is 274 g/mol. The lowest BCUT2D eigenvalue weighted by molar-refractivity contribution is -0.124. The quantitative estimate of drug-likeness (QED) is 0.361. The van der Waals surface area contributed by atoms with Crippen LogP contribution in [0.4, 0.5) is 5.69 Å². The van der Waals surface area contributed by atoms with Crippen molar-refractivity contribution in [1.29, 1.82) is 0 Å². The first-order valence-electron chi connectivity index (χ1n) is 6.24. The molecule has 0 unspecified atom stereocenters. The third-order valence-corrected chi connectivity index (χ3v) is 2.65. The molecule has 0 fully saturated rings. The number of nitrogens with one attached hydrogen (secondary N) is 1. The van der Waals surface area contributed by atoms with Gasteiger partial charge in [-0.15, -0.1) is 0 Å². The predicted molar refractivity (Wildman–Crippen MR) is 77.3 cm³/mol. The van der Waals surface area contributed by atoms with Gasteiger partial charge in [0.2, 0.25) is 5.91 Å². The Morgan fingerprint density at radius 1 is 1.25 bits per heavy atom. The van der Waals surface area contributed by atoms with E-state index in [9.17, 15) is 9.59 Å². The number of allylic oxidation sites excluding steroid dienone is 3. The molecular weight excluding hydrogens is 256 g/mol. The monoisotopic (exact) mass is 274 g/mol. The Bertz CT molecular complexity index is 495. The third kappa shape index (κ3) is 5.49. The number of nitrogens with zero attached hydrogens (tertiary/aromatic N) is 1. The zero-order valence-electron chi connectivity index (χ0n) is 11.3. The molecule has 1 aromatic carbocycles. The lowest BCUT2D eigenvalue weighted by atomic mass is 10.2. The molecule has 2 N–H and O–H groups in total. The maximum absolute atomic E-state index is 11.9. The molecule has 1 aromatic rings. The molecule has 0 bridgehead atoms. The molecule has 0 aliphatic carbocycles. The zero-order chi connectivity index (χ0) is 14.8. The number of benzene rings is 1. The van der Waals surface area contributed by atoms with E-state index in [4.69, 9.17) is 5.21 Å². The van der Waals surface area contributed by atoms with Crippen LogP contribution in [0.2, 0.25) is 0 Å². The van der Waals surface area contributed by atoms with Crippen LogP contribution in [0.15, 0.2) is 54.6 Å². The van der Waals surface area contributed by atoms with Gasteiger partial charge in [-0.05, 0) is 18.6 Å². The number of anilines is 1. The van der Waals surface area contributed by atoms with E-state index in [1.807, 2.05) is 30.3 Å². The maximum atomic E-state index is 11.9. The molecule has 0 aliphatic rings. The normalized spacial score (nSPS) is 10.9. The molecule has 0 spiro atoms. The molecule has 5 heteroatoms. The molecule has 0 aromatic heterocycles. The molecule has 1 rings (SSSR count). The number of hydroxylamine groups is 1. The summed E-state index contributed by atoms with van der Waals surface area (Å²) in [5.74, 6) is -0.563. The summed E-state index contributed by atoms with van der Waals surface area (Å²) in [4.78, 5) is 24.2. The van der Waals surface area contributed by atoms with Crippen LogP contribution in [0.5, 0.6) is 0 Å². The van der Waals surface area contributed by atoms with Gasteiger partial charge in [0.25, 0.3) is 5.91 Å². The third-order valence-electron chi connectivity index (χ3n) is 2.65. The summed E-state index contributed by atoms with van der Waals surface area (Å²) in [5.41, 5.74) is 2.35. The number of hydrogen-bond acceptors (Lipinski definition) is 3. The fraction of sp³-hybridized carbons (Fsp3) is 0.200. The average Bonchev–Trinajstić information content (AvgIpc) is 2.50. The molecule has 0 saturated carbocycles. The Labute approximate surface area is 118 Å². The summed E-state index contributed by atoms with van der Waals surface area (Å²) in [7, 11) is 1.74. The minimum atomic E-state index is -0.588. The standard InChI is InChI=1S/C15H18N2O3/c1-17(13-9-5-4-6-10-13)15(19)12-8-3-2-7-11-14(18)16-20/h2-7,9-11,20H,8,12H2,1H3,(H,16,18)/b3-2+,11-7+. The fourth-order valence-corrected chi connectivity index (χ4v) is 1.53. The van der Waals surface area contributed by atoms with E-state index in [-0.39, 0.29) is 5.91 Å². The Morgan fingerprint density at radius 3 is 2.60 bits per heavy atom. The van der Waals surface area contributed by atoms with Gasteiger partial charge in [0.05, 0.1) is 0 Å². The molecule has 0 saturated heterocycles. The molecule has 106 valence electrons. The minimum absolute atomic E-state index is 0.0259. The Kier molecular flexibility index (Phi) is 6.78. The lowest BCUT2D eigenvalue weighted by Crippen LogP contribution is -2.25. The van der Waals surface area contributed by atoms with E-state index in [1.54, 1.807) is 24.1 Å². The molecule has 0 aliphatic heterocycles. The molecule has 0 radical (unpaired) electrons. The fourth-order valence-electron chi connectivity index (χ4n) is 1.53. The molecular formula is C15H18N2O3. The molecule has 20 heavy (non-hydrogen) atoms. The highest BCUT2D eigenvalue weighted by atomic mass is 16.5. The Hall–Kier alpha value is -2.40. The Morgan fingerprint density at radius 2 is 1.95 bits per heavy atom. The zero-order valence-corrected chi connectivity index (χ0v) is 11.3. The number of rotatable bonds is 6. The van der Waals surface area contributed by atoms with Gasteiger partial charge in [-0.3, -0.25) is 14.8 Å². The van der Waals surface area contributed by atoms with Crippen LogP contribution in [0, 0.1) is 0 Å². The van der Waals surface area contributed by atoms with Crippen molar-refractivity contribution in [2.75, 3.05) is 11.9 Å². The molecule has 0 heterocycles. The van der Waals surface area contributed by atoms with Crippen LogP contribution >= 0.6 is 0 Å². The van der Waals surface area contributed by atoms with Crippen LogP contribution < -0.4 is 10.4 Å². The Balaban J connectivity index is 2.35. The van der Waals surface area contributed by atoms with Crippen LogP contribution in [0.1, 0.15) is 12.8 Å². The first-order valence-corrected chi connectivity index (χ1v) is 6.24. The van der Waals surface area contributed by atoms with E-state index < -0.39 is 5.91 Å². The highest BCUT2D eigenvalue weighted by Crippen LogP contribution is 2.12. The number of amides is 2. The molecule has 5 nitrogen and oxygen atoms in total. The van der Waals surface area contributed by atoms with Gasteiger partial charge >= 0.3 is 0 Å². The summed E-state index contributed by atoms with van der Waals surface area (Å²) in [6.45, 7) is 0. The van der Waals surface area contributed by atoms with Crippen LogP contribution in [0.25, 0.3) is 0 Å². The maximum Gasteiger partial charge on any atom is 0.267 e. The highest BCUT2D eigenvalue weighted by Gasteiger charge is 2.08. The number of para-hydroxylation sites is 1. The summed E-state index contributed by atoms with van der Waals surface area (Å²) >= 11 is 0. The van der Waals surface area contributed by atoms with Gasteiger partial charge in [-0.2, -0.15) is 0 Å². The number of carbonyl (C=O) groups excluding carboxylic acids is 2. The first kappa shape index (κ1) is 15.7. The van der Waals surface area contributed by atoms with Crippen molar-refractivity contribution in [3.8, 4) is 0 Å². The SMILES string of the molecule is CN(C(=O)CC/C=C/C=C/C(=O)NO)c1ccccc1. The van der Waals surface area contributed by atoms with Gasteiger partial charge in [0.1, 0.15) is 0 Å². The second-order valence-electron chi connectivity index (χ2n) is 4.09. The summed E-state index contributed by atoms with van der Waals surface area (Å²) < 4.78 is 0. The van der Waals surface area contributed by atoms with E-state index >= 15 is 0 Å². The summed E-state index contributed by atoms with van der Waals surface area (Å²) in [5, 5.41) is 8.25. The van der Waals surface area contributed by atoms with Crippen molar-refractivity contribution < 1.29 is 14.8 Å². The van der Waals surface area contributed by atoms with Crippen molar-refractivity contribution >= 4 is 17.5 Å². The van der Waals surface area contributed by atoms with Crippen molar-refractivity contribution in [3.63, 3.8) is 0 Å². The van der Waals surface area contributed by atoms with Crippen LogP contribution in [-0.4, -0.2) is 24.1 Å². The van der Waals surface area contributed by atoms with E-state index in [0.717, 1.165) is 5.69 Å². The summed E-state index contributed by atoms with van der Waals surface area (Å²) in [6, 6.07) is 9.43. The minimum Gasteiger partial charge on any atom is -0.315 e. The molecule has 2 amide bonds. The second kappa shape index (κ2) is 8.66. The van der Waals surface area contributed by atoms with Crippen molar-refractivity contribution in [1.82, 2.24) is 5.48 Å². The van der Waals surface area contributed by atoms with Crippen molar-refractivity contribution in [3.05, 3.63) is 54.6 Å². The van der Waals surface area contributed by atoms with E-state index in [1.165, 1.54) is 17.6 Å². The van der Waals surface area contributed by atoms with Crippen LogP contribution in [0.3, 0.4) is 0 Å². The van der Waals surface area contributed by atoms with Crippen LogP contribution in [-0.2, 0) is 9.59 Å². The highest BCUT2D eigenvalue weighted by molar-refractivity contribution is 5.92. The smallest absolute Gasteiger partial charge is 0.267 e. The van der Waals surface area contributed by atoms with Crippen molar-refractivity contribution in [2.24, 2.45) is 0 Å².